The number of hydrogen-bond acceptors (Lipinski definition) is 4. The number of nitriles is 1. The van der Waals surface area contributed by atoms with Crippen molar-refractivity contribution in [2.75, 3.05) is 0 Å². The zero-order chi connectivity index (χ0) is 17.8. The average molecular weight is 393 g/mol. The van der Waals surface area contributed by atoms with Crippen molar-refractivity contribution in [3.8, 4) is 17.3 Å². The van der Waals surface area contributed by atoms with E-state index in [1.54, 1.807) is 11.3 Å². The number of nitrogens with one attached hydrogen (secondary N) is 1. The summed E-state index contributed by atoms with van der Waals surface area (Å²) in [6.07, 6.45) is 3.35. The number of nitrogens with zero attached hydrogens (tertiary/aromatic N) is 3. The van der Waals surface area contributed by atoms with E-state index >= 15 is 0 Å². The zero-order valence-corrected chi connectivity index (χ0v) is 16.1. The van der Waals surface area contributed by atoms with Gasteiger partial charge in [0.25, 0.3) is 0 Å². The molecule has 134 valence electrons. The maximum Gasteiger partial charge on any atom is 0.110 e. The fourth-order valence-electron chi connectivity index (χ4n) is 2.77. The van der Waals surface area contributed by atoms with Gasteiger partial charge >= 0.3 is 0 Å². The molecule has 6 heteroatoms. The molecule has 2 heterocycles. The Hall–Kier alpha value is -2.94. The molecule has 2 aromatic carbocycles. The topological polar surface area (TPSA) is 65.4 Å². The second-order valence-electron chi connectivity index (χ2n) is 6.01. The molecule has 0 atom stereocenters. The molecule has 1 N–H and O–H groups in total. The number of halogens is 1. The van der Waals surface area contributed by atoms with Crippen molar-refractivity contribution in [3.63, 3.8) is 0 Å². The van der Waals surface area contributed by atoms with Gasteiger partial charge in [0.1, 0.15) is 5.82 Å². The smallest absolute Gasteiger partial charge is 0.110 e. The van der Waals surface area contributed by atoms with Crippen molar-refractivity contribution in [2.24, 2.45) is 0 Å². The molecule has 27 heavy (non-hydrogen) atoms. The summed E-state index contributed by atoms with van der Waals surface area (Å²) in [6, 6.07) is 19.9. The van der Waals surface area contributed by atoms with E-state index in [2.05, 4.69) is 33.5 Å². The molecule has 4 nitrogen and oxygen atoms in total. The standard InChI is InChI=1S/C21H16N4S.ClH/c22-12-16-8-6-15(7-9-16)10-20-23-13-18(24-20)11-21-25-19(14-26-21)17-4-2-1-3-5-17;/h1-9,13-14H,10-11H2,(H,23,24);1H. The maximum absolute atomic E-state index is 8.86. The van der Waals surface area contributed by atoms with E-state index in [0.717, 1.165) is 46.2 Å². The van der Waals surface area contributed by atoms with Gasteiger partial charge in [0.15, 0.2) is 0 Å². The van der Waals surface area contributed by atoms with Gasteiger partial charge in [-0.05, 0) is 17.7 Å². The van der Waals surface area contributed by atoms with Crippen molar-refractivity contribution < 1.29 is 0 Å². The molecule has 0 aliphatic rings. The van der Waals surface area contributed by atoms with Crippen molar-refractivity contribution in [1.29, 1.82) is 5.26 Å². The van der Waals surface area contributed by atoms with Gasteiger partial charge < -0.3 is 4.98 Å². The van der Waals surface area contributed by atoms with Gasteiger partial charge in [-0.3, -0.25) is 0 Å². The molecule has 0 radical (unpaired) electrons. The average Bonchev–Trinajstić information content (AvgIpc) is 3.33. The van der Waals surface area contributed by atoms with E-state index in [9.17, 15) is 0 Å². The molecule has 0 aliphatic carbocycles. The molecular weight excluding hydrogens is 376 g/mol. The highest BCUT2D eigenvalue weighted by molar-refractivity contribution is 7.10. The lowest BCUT2D eigenvalue weighted by molar-refractivity contribution is 0.995. The predicted molar refractivity (Wildman–Crippen MR) is 110 cm³/mol. The molecule has 0 bridgehead atoms. The Morgan fingerprint density at radius 1 is 1.00 bits per heavy atom. The third kappa shape index (κ3) is 4.62. The number of H-pyrrole nitrogens is 1. The van der Waals surface area contributed by atoms with Crippen LogP contribution in [0.3, 0.4) is 0 Å². The largest absolute Gasteiger partial charge is 0.345 e. The summed E-state index contributed by atoms with van der Waals surface area (Å²) in [5.41, 5.74) is 5.02. The third-order valence-corrected chi connectivity index (χ3v) is 4.95. The fraction of sp³-hybridized carbons (Fsp3) is 0.0952. The number of rotatable bonds is 5. The minimum Gasteiger partial charge on any atom is -0.345 e. The van der Waals surface area contributed by atoms with Gasteiger partial charge in [0.05, 0.1) is 22.3 Å². The molecule has 2 aromatic heterocycles. The molecule has 0 saturated carbocycles. The van der Waals surface area contributed by atoms with Crippen molar-refractivity contribution in [1.82, 2.24) is 15.0 Å². The summed E-state index contributed by atoms with van der Waals surface area (Å²) in [4.78, 5) is 12.6. The summed E-state index contributed by atoms with van der Waals surface area (Å²) in [5, 5.41) is 12.0. The molecule has 0 unspecified atom stereocenters. The number of aromatic amines is 1. The molecule has 0 fully saturated rings. The highest BCUT2D eigenvalue weighted by atomic mass is 35.5. The summed E-state index contributed by atoms with van der Waals surface area (Å²) in [7, 11) is 0. The molecule has 4 rings (SSSR count). The normalized spacial score (nSPS) is 10.2. The summed E-state index contributed by atoms with van der Waals surface area (Å²) < 4.78 is 0. The van der Waals surface area contributed by atoms with Crippen LogP contribution in [0.5, 0.6) is 0 Å². The first-order valence-electron chi connectivity index (χ1n) is 8.32. The van der Waals surface area contributed by atoms with Gasteiger partial charge in [0, 0.05) is 35.7 Å². The van der Waals surface area contributed by atoms with Crippen LogP contribution in [0.2, 0.25) is 0 Å². The number of imidazole rings is 1. The number of thiazole rings is 1. The van der Waals surface area contributed by atoms with Crippen molar-refractivity contribution in [3.05, 3.63) is 93.8 Å². The van der Waals surface area contributed by atoms with Crippen LogP contribution in [-0.4, -0.2) is 15.0 Å². The molecule has 0 spiro atoms. The minimum atomic E-state index is 0. The fourth-order valence-corrected chi connectivity index (χ4v) is 3.60. The van der Waals surface area contributed by atoms with Crippen LogP contribution in [-0.2, 0) is 12.8 Å². The molecule has 0 aliphatic heterocycles. The van der Waals surface area contributed by atoms with E-state index in [1.165, 1.54) is 0 Å². The predicted octanol–water partition coefficient (Wildman–Crippen LogP) is 5.01. The van der Waals surface area contributed by atoms with Crippen LogP contribution in [0.1, 0.15) is 27.7 Å². The van der Waals surface area contributed by atoms with E-state index in [4.69, 9.17) is 10.2 Å². The van der Waals surface area contributed by atoms with Gasteiger partial charge in [-0.15, -0.1) is 23.7 Å². The monoisotopic (exact) mass is 392 g/mol. The third-order valence-electron chi connectivity index (χ3n) is 4.10. The van der Waals surface area contributed by atoms with Gasteiger partial charge in [-0.1, -0.05) is 42.5 Å². The lowest BCUT2D eigenvalue weighted by Gasteiger charge is -1.98. The summed E-state index contributed by atoms with van der Waals surface area (Å²) >= 11 is 1.67. The first-order chi connectivity index (χ1) is 12.8. The van der Waals surface area contributed by atoms with Crippen LogP contribution < -0.4 is 0 Å². The second-order valence-corrected chi connectivity index (χ2v) is 6.95. The Labute approximate surface area is 168 Å². The van der Waals surface area contributed by atoms with Crippen molar-refractivity contribution in [2.45, 2.75) is 12.8 Å². The Balaban J connectivity index is 0.00000210. The molecule has 0 amide bonds. The highest BCUT2D eigenvalue weighted by Gasteiger charge is 2.08. The zero-order valence-electron chi connectivity index (χ0n) is 14.4. The van der Waals surface area contributed by atoms with E-state index in [-0.39, 0.29) is 12.4 Å². The van der Waals surface area contributed by atoms with Crippen LogP contribution in [0.15, 0.2) is 66.2 Å². The molecule has 0 saturated heterocycles. The maximum atomic E-state index is 8.86. The molecule has 4 aromatic rings. The Morgan fingerprint density at radius 2 is 1.78 bits per heavy atom. The van der Waals surface area contributed by atoms with E-state index in [1.807, 2.05) is 48.7 Å². The minimum absolute atomic E-state index is 0. The van der Waals surface area contributed by atoms with Crippen LogP contribution >= 0.6 is 23.7 Å². The quantitative estimate of drug-likeness (QED) is 0.519. The van der Waals surface area contributed by atoms with Crippen LogP contribution in [0.4, 0.5) is 0 Å². The number of benzene rings is 2. The van der Waals surface area contributed by atoms with Gasteiger partial charge in [-0.25, -0.2) is 9.97 Å². The number of hydrogen-bond donors (Lipinski definition) is 1. The van der Waals surface area contributed by atoms with Gasteiger partial charge in [0.2, 0.25) is 0 Å². The summed E-state index contributed by atoms with van der Waals surface area (Å²) in [6.45, 7) is 0. The lowest BCUT2D eigenvalue weighted by atomic mass is 10.1. The number of aromatic nitrogens is 3. The Bertz CT molecular complexity index is 1050. The Morgan fingerprint density at radius 3 is 2.52 bits per heavy atom. The van der Waals surface area contributed by atoms with E-state index in [0.29, 0.717) is 5.56 Å². The first kappa shape index (κ1) is 18.8. The highest BCUT2D eigenvalue weighted by Crippen LogP contribution is 2.23. The SMILES string of the molecule is Cl.N#Cc1ccc(Cc2ncc(Cc3nc(-c4ccccc4)cs3)[nH]2)cc1. The van der Waals surface area contributed by atoms with Crippen LogP contribution in [0.25, 0.3) is 11.3 Å². The molecular formula is C21H17ClN4S. The van der Waals surface area contributed by atoms with Gasteiger partial charge in [-0.2, -0.15) is 5.26 Å². The lowest BCUT2D eigenvalue weighted by Crippen LogP contribution is -1.92. The van der Waals surface area contributed by atoms with Crippen molar-refractivity contribution >= 4 is 23.7 Å². The second kappa shape index (κ2) is 8.63. The Kier molecular flexibility index (Phi) is 6.02. The summed E-state index contributed by atoms with van der Waals surface area (Å²) in [5.74, 6) is 0.921. The van der Waals surface area contributed by atoms with E-state index < -0.39 is 0 Å². The van der Waals surface area contributed by atoms with Crippen LogP contribution in [0, 0.1) is 11.3 Å². The first-order valence-corrected chi connectivity index (χ1v) is 9.20.